The van der Waals surface area contributed by atoms with Gasteiger partial charge in [0.15, 0.2) is 0 Å². The maximum absolute atomic E-state index is 13.1. The predicted octanol–water partition coefficient (Wildman–Crippen LogP) is 4.59. The summed E-state index contributed by atoms with van der Waals surface area (Å²) in [5.41, 5.74) is 5.16. The van der Waals surface area contributed by atoms with Crippen LogP contribution in [0.2, 0.25) is 0 Å². The Morgan fingerprint density at radius 3 is 2.67 bits per heavy atom. The van der Waals surface area contributed by atoms with E-state index in [1.165, 1.54) is 29.5 Å². The summed E-state index contributed by atoms with van der Waals surface area (Å²) in [5, 5.41) is 14.5. The molecular weight excluding hydrogens is 301 g/mol. The minimum absolute atomic E-state index is 0.251. The fourth-order valence-electron chi connectivity index (χ4n) is 3.53. The van der Waals surface area contributed by atoms with Gasteiger partial charge in [0, 0.05) is 23.2 Å². The highest BCUT2D eigenvalue weighted by molar-refractivity contribution is 5.88. The van der Waals surface area contributed by atoms with Crippen molar-refractivity contribution in [2.75, 3.05) is 18.4 Å². The molecule has 2 atom stereocenters. The van der Waals surface area contributed by atoms with Crippen molar-refractivity contribution in [2.24, 2.45) is 5.92 Å². The highest BCUT2D eigenvalue weighted by Gasteiger charge is 2.24. The van der Waals surface area contributed by atoms with Crippen molar-refractivity contribution < 1.29 is 4.39 Å². The third kappa shape index (κ3) is 3.49. The molecule has 126 valence electrons. The molecule has 2 aromatic carbocycles. The molecule has 0 aromatic heterocycles. The molecule has 3 N–H and O–H groups in total. The Morgan fingerprint density at radius 1 is 1.25 bits per heavy atom. The van der Waals surface area contributed by atoms with Crippen LogP contribution in [-0.2, 0) is 0 Å². The van der Waals surface area contributed by atoms with E-state index in [0.29, 0.717) is 11.8 Å². The molecule has 24 heavy (non-hydrogen) atoms. The summed E-state index contributed by atoms with van der Waals surface area (Å²) in [6.07, 6.45) is 2.52. The summed E-state index contributed by atoms with van der Waals surface area (Å²) in [5.74, 6) is 0.871. The van der Waals surface area contributed by atoms with Crippen LogP contribution in [-0.4, -0.2) is 19.3 Å². The van der Waals surface area contributed by atoms with Gasteiger partial charge in [-0.3, -0.25) is 0 Å². The van der Waals surface area contributed by atoms with Crippen molar-refractivity contribution in [3.05, 3.63) is 58.9 Å². The second kappa shape index (κ2) is 7.14. The molecule has 1 aliphatic heterocycles. The zero-order valence-electron chi connectivity index (χ0n) is 14.2. The number of rotatable bonds is 4. The number of anilines is 2. The van der Waals surface area contributed by atoms with Crippen LogP contribution in [0.25, 0.3) is 0 Å². The Labute approximate surface area is 142 Å². The maximum Gasteiger partial charge on any atom is 0.123 e. The van der Waals surface area contributed by atoms with Gasteiger partial charge in [0.1, 0.15) is 5.82 Å². The molecule has 3 nitrogen and oxygen atoms in total. The standard InChI is InChI=1S/C20H24FN3/c1-13-9-20(24-17-5-3-16(21)4-6-17)15(11-22)10-19(13)18-7-8-23-12-14(18)2/h3-6,9-11,14,18,22-24H,7-8,12H2,1-2H3. The van der Waals surface area contributed by atoms with E-state index in [1.54, 1.807) is 12.1 Å². The molecule has 1 saturated heterocycles. The van der Waals surface area contributed by atoms with Crippen LogP contribution < -0.4 is 10.6 Å². The molecule has 1 aliphatic rings. The second-order valence-electron chi connectivity index (χ2n) is 6.65. The first kappa shape index (κ1) is 16.7. The van der Waals surface area contributed by atoms with Gasteiger partial charge in [0.25, 0.3) is 0 Å². The van der Waals surface area contributed by atoms with Crippen LogP contribution in [0.4, 0.5) is 15.8 Å². The number of piperidine rings is 1. The maximum atomic E-state index is 13.1. The first-order valence-electron chi connectivity index (χ1n) is 8.47. The number of hydrogen-bond donors (Lipinski definition) is 3. The molecule has 0 saturated carbocycles. The van der Waals surface area contributed by atoms with Crippen LogP contribution in [0.15, 0.2) is 36.4 Å². The van der Waals surface area contributed by atoms with Gasteiger partial charge >= 0.3 is 0 Å². The lowest BCUT2D eigenvalue weighted by molar-refractivity contribution is 0.348. The molecule has 1 fully saturated rings. The molecule has 2 aromatic rings. The van der Waals surface area contributed by atoms with Gasteiger partial charge < -0.3 is 16.0 Å². The third-order valence-corrected chi connectivity index (χ3v) is 4.90. The normalized spacial score (nSPS) is 20.6. The quantitative estimate of drug-likeness (QED) is 0.720. The average molecular weight is 325 g/mol. The van der Waals surface area contributed by atoms with Gasteiger partial charge in [-0.1, -0.05) is 6.92 Å². The summed E-state index contributed by atoms with van der Waals surface area (Å²) in [6.45, 7) is 6.50. The Balaban J connectivity index is 1.92. The van der Waals surface area contributed by atoms with Crippen LogP contribution >= 0.6 is 0 Å². The van der Waals surface area contributed by atoms with E-state index in [9.17, 15) is 4.39 Å². The van der Waals surface area contributed by atoms with Crippen LogP contribution in [0.1, 0.15) is 36.0 Å². The highest BCUT2D eigenvalue weighted by atomic mass is 19.1. The lowest BCUT2D eigenvalue weighted by Gasteiger charge is -2.31. The molecule has 0 amide bonds. The average Bonchev–Trinajstić information content (AvgIpc) is 2.58. The Morgan fingerprint density at radius 2 is 2.00 bits per heavy atom. The van der Waals surface area contributed by atoms with E-state index >= 15 is 0 Å². The number of hydrogen-bond acceptors (Lipinski definition) is 3. The van der Waals surface area contributed by atoms with Crippen molar-refractivity contribution in [2.45, 2.75) is 26.2 Å². The van der Waals surface area contributed by atoms with Crippen molar-refractivity contribution in [1.29, 1.82) is 5.41 Å². The highest BCUT2D eigenvalue weighted by Crippen LogP contribution is 2.35. The van der Waals surface area contributed by atoms with Crippen molar-refractivity contribution in [3.63, 3.8) is 0 Å². The molecule has 2 unspecified atom stereocenters. The zero-order valence-corrected chi connectivity index (χ0v) is 14.2. The Hall–Kier alpha value is -2.20. The van der Waals surface area contributed by atoms with E-state index in [0.717, 1.165) is 36.4 Å². The number of halogens is 1. The largest absolute Gasteiger partial charge is 0.355 e. The Kier molecular flexibility index (Phi) is 4.95. The first-order chi connectivity index (χ1) is 11.6. The summed E-state index contributed by atoms with van der Waals surface area (Å²) >= 11 is 0. The van der Waals surface area contributed by atoms with E-state index < -0.39 is 0 Å². The second-order valence-corrected chi connectivity index (χ2v) is 6.65. The topological polar surface area (TPSA) is 47.9 Å². The molecule has 0 spiro atoms. The minimum atomic E-state index is -0.251. The number of aryl methyl sites for hydroxylation is 1. The summed E-state index contributed by atoms with van der Waals surface area (Å²) in [6, 6.07) is 10.5. The van der Waals surface area contributed by atoms with E-state index in [-0.39, 0.29) is 5.82 Å². The lowest BCUT2D eigenvalue weighted by Crippen LogP contribution is -2.34. The van der Waals surface area contributed by atoms with E-state index in [2.05, 4.69) is 36.6 Å². The molecule has 4 heteroatoms. The molecular formula is C20H24FN3. The monoisotopic (exact) mass is 325 g/mol. The van der Waals surface area contributed by atoms with Crippen molar-refractivity contribution >= 4 is 17.6 Å². The smallest absolute Gasteiger partial charge is 0.123 e. The van der Waals surface area contributed by atoms with Crippen LogP contribution in [0.5, 0.6) is 0 Å². The molecule has 0 radical (unpaired) electrons. The summed E-state index contributed by atoms with van der Waals surface area (Å²) in [7, 11) is 0. The Bertz CT molecular complexity index is 724. The van der Waals surface area contributed by atoms with E-state index in [1.807, 2.05) is 0 Å². The van der Waals surface area contributed by atoms with Gasteiger partial charge in [-0.05, 0) is 85.8 Å². The van der Waals surface area contributed by atoms with Crippen LogP contribution in [0, 0.1) is 24.1 Å². The SMILES string of the molecule is Cc1cc(Nc2ccc(F)cc2)c(C=N)cc1C1CCNCC1C. The molecule has 0 aliphatic carbocycles. The van der Waals surface area contributed by atoms with Gasteiger partial charge in [-0.2, -0.15) is 0 Å². The first-order valence-corrected chi connectivity index (χ1v) is 8.47. The minimum Gasteiger partial charge on any atom is -0.355 e. The van der Waals surface area contributed by atoms with Gasteiger partial charge in [-0.25, -0.2) is 4.39 Å². The predicted molar refractivity (Wildman–Crippen MR) is 98.1 cm³/mol. The third-order valence-electron chi connectivity index (χ3n) is 4.90. The fraction of sp³-hybridized carbons (Fsp3) is 0.350. The van der Waals surface area contributed by atoms with Crippen molar-refractivity contribution in [3.8, 4) is 0 Å². The number of nitrogens with one attached hydrogen (secondary N) is 3. The van der Waals surface area contributed by atoms with Gasteiger partial charge in [0.05, 0.1) is 0 Å². The zero-order chi connectivity index (χ0) is 17.1. The summed E-state index contributed by atoms with van der Waals surface area (Å²) in [4.78, 5) is 0. The van der Waals surface area contributed by atoms with Gasteiger partial charge in [-0.15, -0.1) is 0 Å². The number of benzene rings is 2. The summed E-state index contributed by atoms with van der Waals surface area (Å²) < 4.78 is 13.1. The van der Waals surface area contributed by atoms with Crippen molar-refractivity contribution in [1.82, 2.24) is 5.32 Å². The van der Waals surface area contributed by atoms with Gasteiger partial charge in [0.2, 0.25) is 0 Å². The lowest BCUT2D eigenvalue weighted by atomic mass is 9.80. The molecule has 1 heterocycles. The van der Waals surface area contributed by atoms with Crippen LogP contribution in [0.3, 0.4) is 0 Å². The molecule has 0 bridgehead atoms. The molecule has 3 rings (SSSR count). The fourth-order valence-corrected chi connectivity index (χ4v) is 3.53. The van der Waals surface area contributed by atoms with E-state index in [4.69, 9.17) is 5.41 Å².